The highest BCUT2D eigenvalue weighted by Crippen LogP contribution is 2.32. The average molecular weight is 395 g/mol. The minimum absolute atomic E-state index is 0.126. The van der Waals surface area contributed by atoms with Crippen LogP contribution < -0.4 is 10.6 Å². The van der Waals surface area contributed by atoms with Crippen molar-refractivity contribution in [1.82, 2.24) is 5.32 Å². The summed E-state index contributed by atoms with van der Waals surface area (Å²) in [6, 6.07) is 13.3. The third-order valence-corrected chi connectivity index (χ3v) is 5.57. The van der Waals surface area contributed by atoms with Gasteiger partial charge in [0, 0.05) is 17.5 Å². The minimum atomic E-state index is -0.349. The van der Waals surface area contributed by atoms with Crippen molar-refractivity contribution < 1.29 is 14.7 Å². The molecule has 1 saturated carbocycles. The Balaban J connectivity index is 1.92. The number of hydrogen-bond acceptors (Lipinski definition) is 4. The molecule has 0 bridgehead atoms. The number of amides is 1. The average Bonchev–Trinajstić information content (AvgIpc) is 3.27. The summed E-state index contributed by atoms with van der Waals surface area (Å²) in [4.78, 5) is 25.4. The van der Waals surface area contributed by atoms with E-state index in [0.29, 0.717) is 11.3 Å². The molecule has 0 aliphatic heterocycles. The van der Waals surface area contributed by atoms with Crippen molar-refractivity contribution in [2.75, 3.05) is 18.5 Å². The Labute approximate surface area is 172 Å². The zero-order valence-corrected chi connectivity index (χ0v) is 17.2. The molecule has 0 radical (unpaired) electrons. The molecule has 2 aromatic rings. The summed E-state index contributed by atoms with van der Waals surface area (Å²) in [7, 11) is 0. The number of benzene rings is 2. The number of Topliss-reactive ketones (excluding diaryl/α,β-unsaturated/α-hetero) is 1. The molecule has 0 saturated heterocycles. The maximum absolute atomic E-state index is 12.8. The van der Waals surface area contributed by atoms with Gasteiger partial charge in [-0.1, -0.05) is 54.8 Å². The largest absolute Gasteiger partial charge is 0.394 e. The Kier molecular flexibility index (Phi) is 7.04. The van der Waals surface area contributed by atoms with E-state index in [1.807, 2.05) is 43.3 Å². The molecule has 29 heavy (non-hydrogen) atoms. The molecule has 1 amide bonds. The first-order chi connectivity index (χ1) is 14.0. The van der Waals surface area contributed by atoms with Crippen LogP contribution in [0.1, 0.15) is 48.5 Å². The standard InChI is InChI=1S/C24H30N2O3/c1-16-10-12-18(13-11-16)20-8-5-9-21(24(29)26-17(2)15-27)23(20)25-14-22(28)19-6-3-4-7-19/h5,8-13,17,19,25,27H,3-4,6-7,14-15H2,1-2H3,(H,26,29)/t17-/m0/s1. The SMILES string of the molecule is Cc1ccc(-c2cccc(C(=O)N[C@@H](C)CO)c2NCC(=O)C2CCCC2)cc1. The predicted molar refractivity (Wildman–Crippen MR) is 116 cm³/mol. The van der Waals surface area contributed by atoms with E-state index in [9.17, 15) is 14.7 Å². The first kappa shape index (κ1) is 21.1. The van der Waals surface area contributed by atoms with Crippen LogP contribution in [0.4, 0.5) is 5.69 Å². The monoisotopic (exact) mass is 394 g/mol. The van der Waals surface area contributed by atoms with Crippen molar-refractivity contribution in [3.8, 4) is 11.1 Å². The molecule has 0 unspecified atom stereocenters. The number of carbonyl (C=O) groups is 2. The van der Waals surface area contributed by atoms with Crippen molar-refractivity contribution in [2.24, 2.45) is 5.92 Å². The zero-order chi connectivity index (χ0) is 20.8. The lowest BCUT2D eigenvalue weighted by atomic mass is 9.97. The van der Waals surface area contributed by atoms with Crippen LogP contribution in [-0.4, -0.2) is 36.0 Å². The number of aliphatic hydroxyl groups is 1. The summed E-state index contributed by atoms with van der Waals surface area (Å²) in [5.74, 6) is 0.0633. The van der Waals surface area contributed by atoms with Crippen LogP contribution in [0.3, 0.4) is 0 Å². The highest BCUT2D eigenvalue weighted by Gasteiger charge is 2.24. The first-order valence-electron chi connectivity index (χ1n) is 10.4. The fraction of sp³-hybridized carbons (Fsp3) is 0.417. The predicted octanol–water partition coefficient (Wildman–Crippen LogP) is 3.94. The minimum Gasteiger partial charge on any atom is -0.394 e. The maximum atomic E-state index is 12.8. The third kappa shape index (κ3) is 5.24. The smallest absolute Gasteiger partial charge is 0.253 e. The lowest BCUT2D eigenvalue weighted by molar-refractivity contribution is -0.120. The van der Waals surface area contributed by atoms with Gasteiger partial charge in [0.05, 0.1) is 24.4 Å². The van der Waals surface area contributed by atoms with E-state index in [4.69, 9.17) is 0 Å². The number of rotatable bonds is 8. The Morgan fingerprint density at radius 1 is 1.10 bits per heavy atom. The van der Waals surface area contributed by atoms with Gasteiger partial charge in [0.1, 0.15) is 0 Å². The fourth-order valence-electron chi connectivity index (χ4n) is 3.82. The molecule has 154 valence electrons. The number of aliphatic hydroxyl groups excluding tert-OH is 1. The molecule has 0 heterocycles. The maximum Gasteiger partial charge on any atom is 0.253 e. The van der Waals surface area contributed by atoms with Crippen LogP contribution in [0.15, 0.2) is 42.5 Å². The summed E-state index contributed by atoms with van der Waals surface area (Å²) in [6.45, 7) is 3.86. The normalized spacial score (nSPS) is 15.1. The number of ketones is 1. The van der Waals surface area contributed by atoms with Gasteiger partial charge in [0.2, 0.25) is 0 Å². The topological polar surface area (TPSA) is 78.4 Å². The van der Waals surface area contributed by atoms with Crippen molar-refractivity contribution in [3.63, 3.8) is 0 Å². The lowest BCUT2D eigenvalue weighted by Crippen LogP contribution is -2.35. The molecule has 2 aromatic carbocycles. The summed E-state index contributed by atoms with van der Waals surface area (Å²) >= 11 is 0. The Morgan fingerprint density at radius 3 is 2.45 bits per heavy atom. The zero-order valence-electron chi connectivity index (χ0n) is 17.2. The molecule has 3 N–H and O–H groups in total. The van der Waals surface area contributed by atoms with E-state index in [1.165, 1.54) is 0 Å². The number of para-hydroxylation sites is 1. The van der Waals surface area contributed by atoms with E-state index >= 15 is 0 Å². The molecule has 5 heteroatoms. The van der Waals surface area contributed by atoms with Crippen LogP contribution in [-0.2, 0) is 4.79 Å². The quantitative estimate of drug-likeness (QED) is 0.634. The van der Waals surface area contributed by atoms with Crippen molar-refractivity contribution in [1.29, 1.82) is 0 Å². The number of hydrogen-bond donors (Lipinski definition) is 3. The van der Waals surface area contributed by atoms with E-state index in [2.05, 4.69) is 10.6 Å². The van der Waals surface area contributed by atoms with Crippen LogP contribution in [0.2, 0.25) is 0 Å². The first-order valence-corrected chi connectivity index (χ1v) is 10.4. The summed E-state index contributed by atoms with van der Waals surface area (Å²) in [6.07, 6.45) is 4.15. The van der Waals surface area contributed by atoms with Gasteiger partial charge < -0.3 is 15.7 Å². The summed E-state index contributed by atoms with van der Waals surface area (Å²) in [5.41, 5.74) is 4.16. The second-order valence-corrected chi connectivity index (χ2v) is 7.95. The number of anilines is 1. The molecule has 1 atom stereocenters. The van der Waals surface area contributed by atoms with Gasteiger partial charge in [-0.15, -0.1) is 0 Å². The Bertz CT molecular complexity index is 855. The Morgan fingerprint density at radius 2 is 1.79 bits per heavy atom. The highest BCUT2D eigenvalue weighted by molar-refractivity contribution is 6.04. The molecular formula is C24H30N2O3. The third-order valence-electron chi connectivity index (χ3n) is 5.57. The van der Waals surface area contributed by atoms with Gasteiger partial charge in [-0.2, -0.15) is 0 Å². The van der Waals surface area contributed by atoms with Crippen LogP contribution in [0, 0.1) is 12.8 Å². The van der Waals surface area contributed by atoms with Gasteiger partial charge in [0.25, 0.3) is 5.91 Å². The van der Waals surface area contributed by atoms with Crippen LogP contribution in [0.25, 0.3) is 11.1 Å². The lowest BCUT2D eigenvalue weighted by Gasteiger charge is -2.19. The van der Waals surface area contributed by atoms with E-state index < -0.39 is 0 Å². The molecule has 1 aliphatic rings. The van der Waals surface area contributed by atoms with Gasteiger partial charge in [-0.25, -0.2) is 0 Å². The molecule has 3 rings (SSSR count). The van der Waals surface area contributed by atoms with Crippen LogP contribution in [0.5, 0.6) is 0 Å². The highest BCUT2D eigenvalue weighted by atomic mass is 16.3. The van der Waals surface area contributed by atoms with Gasteiger partial charge >= 0.3 is 0 Å². The van der Waals surface area contributed by atoms with E-state index in [-0.39, 0.29) is 36.8 Å². The number of carbonyl (C=O) groups excluding carboxylic acids is 2. The second-order valence-electron chi connectivity index (χ2n) is 7.95. The summed E-state index contributed by atoms with van der Waals surface area (Å²) in [5, 5.41) is 15.4. The number of aryl methyl sites for hydroxylation is 1. The Hall–Kier alpha value is -2.66. The van der Waals surface area contributed by atoms with Crippen molar-refractivity contribution in [3.05, 3.63) is 53.6 Å². The molecule has 5 nitrogen and oxygen atoms in total. The van der Waals surface area contributed by atoms with Crippen LogP contribution >= 0.6 is 0 Å². The number of nitrogens with one attached hydrogen (secondary N) is 2. The van der Waals surface area contributed by atoms with Gasteiger partial charge in [0.15, 0.2) is 5.78 Å². The van der Waals surface area contributed by atoms with Gasteiger partial charge in [-0.05, 0) is 38.3 Å². The summed E-state index contributed by atoms with van der Waals surface area (Å²) < 4.78 is 0. The second kappa shape index (κ2) is 9.70. The molecule has 0 spiro atoms. The van der Waals surface area contributed by atoms with E-state index in [0.717, 1.165) is 42.4 Å². The van der Waals surface area contributed by atoms with Gasteiger partial charge in [-0.3, -0.25) is 9.59 Å². The molecule has 1 fully saturated rings. The molecular weight excluding hydrogens is 364 g/mol. The van der Waals surface area contributed by atoms with E-state index in [1.54, 1.807) is 13.0 Å². The van der Waals surface area contributed by atoms with Crippen molar-refractivity contribution >= 4 is 17.4 Å². The molecule has 1 aliphatic carbocycles. The fourth-order valence-corrected chi connectivity index (χ4v) is 3.82. The van der Waals surface area contributed by atoms with Crippen molar-refractivity contribution in [2.45, 2.75) is 45.6 Å². The molecule has 0 aromatic heterocycles.